The zero-order valence-corrected chi connectivity index (χ0v) is 15.4. The number of aryl methyl sites for hydroxylation is 1. The Morgan fingerprint density at radius 2 is 1.58 bits per heavy atom. The van der Waals surface area contributed by atoms with E-state index in [4.69, 9.17) is 0 Å². The van der Waals surface area contributed by atoms with Gasteiger partial charge in [-0.05, 0) is 19.1 Å². The molecule has 2 aromatic carbocycles. The van der Waals surface area contributed by atoms with Gasteiger partial charge < -0.3 is 5.32 Å². The zero-order chi connectivity index (χ0) is 19.0. The van der Waals surface area contributed by atoms with Gasteiger partial charge in [0.05, 0.1) is 5.75 Å². The van der Waals surface area contributed by atoms with Crippen molar-refractivity contribution in [3.8, 4) is 0 Å². The number of anilines is 1. The van der Waals surface area contributed by atoms with Crippen molar-refractivity contribution in [1.29, 1.82) is 0 Å². The van der Waals surface area contributed by atoms with Crippen LogP contribution < -0.4 is 10.0 Å². The topological polar surface area (TPSA) is 92.3 Å². The second kappa shape index (κ2) is 9.15. The first kappa shape index (κ1) is 19.7. The van der Waals surface area contributed by atoms with Crippen LogP contribution in [0.3, 0.4) is 0 Å². The smallest absolute Gasteiger partial charge is 0.234 e. The molecule has 0 spiro atoms. The third-order valence-corrected chi connectivity index (χ3v) is 4.98. The molecule has 0 aromatic heterocycles. The number of ketones is 1. The normalized spacial score (nSPS) is 11.0. The number of benzene rings is 2. The number of amides is 1. The molecule has 7 heteroatoms. The van der Waals surface area contributed by atoms with Crippen LogP contribution in [0.5, 0.6) is 0 Å². The quantitative estimate of drug-likeness (QED) is 0.660. The maximum absolute atomic E-state index is 12.0. The van der Waals surface area contributed by atoms with Crippen molar-refractivity contribution in [2.45, 2.75) is 19.8 Å². The average molecular weight is 374 g/mol. The highest BCUT2D eigenvalue weighted by atomic mass is 32.2. The summed E-state index contributed by atoms with van der Waals surface area (Å²) in [4.78, 5) is 23.8. The Morgan fingerprint density at radius 3 is 2.23 bits per heavy atom. The van der Waals surface area contributed by atoms with E-state index in [9.17, 15) is 18.0 Å². The maximum atomic E-state index is 12.0. The fraction of sp³-hybridized carbons (Fsp3) is 0.263. The van der Waals surface area contributed by atoms with Crippen molar-refractivity contribution in [2.24, 2.45) is 0 Å². The number of nitrogens with one attached hydrogen (secondary N) is 2. The number of rotatable bonds is 9. The Kier molecular flexibility index (Phi) is 6.91. The van der Waals surface area contributed by atoms with Crippen molar-refractivity contribution in [2.75, 3.05) is 17.0 Å². The van der Waals surface area contributed by atoms with Gasteiger partial charge in [0, 0.05) is 30.6 Å². The molecule has 0 unspecified atom stereocenters. The molecule has 0 fully saturated rings. The van der Waals surface area contributed by atoms with Gasteiger partial charge in [-0.3, -0.25) is 14.3 Å². The molecule has 2 aromatic rings. The van der Waals surface area contributed by atoms with Crippen LogP contribution in [0.4, 0.5) is 5.69 Å². The Balaban J connectivity index is 1.71. The molecule has 2 N–H and O–H groups in total. The lowest BCUT2D eigenvalue weighted by Gasteiger charge is -2.09. The lowest BCUT2D eigenvalue weighted by molar-refractivity contribution is -0.120. The molecule has 0 aliphatic rings. The van der Waals surface area contributed by atoms with E-state index < -0.39 is 10.0 Å². The highest BCUT2D eigenvalue weighted by molar-refractivity contribution is 7.92. The maximum Gasteiger partial charge on any atom is 0.234 e. The fourth-order valence-electron chi connectivity index (χ4n) is 2.26. The summed E-state index contributed by atoms with van der Waals surface area (Å²) in [5.41, 5.74) is 2.10. The van der Waals surface area contributed by atoms with Crippen LogP contribution in [-0.4, -0.2) is 32.4 Å². The van der Waals surface area contributed by atoms with Crippen molar-refractivity contribution in [3.05, 3.63) is 65.7 Å². The first-order chi connectivity index (χ1) is 12.4. The zero-order valence-electron chi connectivity index (χ0n) is 14.6. The Labute approximate surface area is 153 Å². The van der Waals surface area contributed by atoms with E-state index in [0.29, 0.717) is 11.3 Å². The number of hydrogen-bond acceptors (Lipinski definition) is 4. The van der Waals surface area contributed by atoms with Gasteiger partial charge in [0.2, 0.25) is 15.9 Å². The molecular weight excluding hydrogens is 352 g/mol. The number of carbonyl (C=O) groups excluding carboxylic acids is 2. The number of sulfonamides is 1. The summed E-state index contributed by atoms with van der Waals surface area (Å²) in [6.45, 7) is 1.92. The summed E-state index contributed by atoms with van der Waals surface area (Å²) in [6.07, 6.45) is 0.114. The molecule has 2 rings (SSSR count). The van der Waals surface area contributed by atoms with E-state index in [0.717, 1.165) is 5.56 Å². The predicted molar refractivity (Wildman–Crippen MR) is 102 cm³/mol. The fourth-order valence-corrected chi connectivity index (χ4v) is 3.23. The minimum absolute atomic E-state index is 0.0142. The monoisotopic (exact) mass is 374 g/mol. The molecule has 0 aliphatic carbocycles. The Bertz CT molecular complexity index is 847. The summed E-state index contributed by atoms with van der Waals surface area (Å²) in [5.74, 6) is -0.696. The van der Waals surface area contributed by atoms with E-state index in [2.05, 4.69) is 10.0 Å². The van der Waals surface area contributed by atoms with Gasteiger partial charge in [0.25, 0.3) is 0 Å². The van der Waals surface area contributed by atoms with Crippen LogP contribution in [0, 0.1) is 6.92 Å². The summed E-state index contributed by atoms with van der Waals surface area (Å²) in [5, 5.41) is 2.53. The standard InChI is InChI=1S/C19H22N2O4S/c1-15-7-9-16(10-8-15)18(22)11-12-19(23)20-13-14-26(24,25)21-17-5-3-2-4-6-17/h2-10,21H,11-14H2,1H3,(H,20,23). The van der Waals surface area contributed by atoms with E-state index in [1.165, 1.54) is 0 Å². The van der Waals surface area contributed by atoms with Gasteiger partial charge >= 0.3 is 0 Å². The lowest BCUT2D eigenvalue weighted by Crippen LogP contribution is -2.31. The number of carbonyl (C=O) groups is 2. The molecule has 0 aliphatic heterocycles. The minimum atomic E-state index is -3.54. The van der Waals surface area contributed by atoms with E-state index in [1.807, 2.05) is 19.1 Å². The van der Waals surface area contributed by atoms with Gasteiger partial charge in [0.15, 0.2) is 5.78 Å². The molecule has 0 atom stereocenters. The predicted octanol–water partition coefficient (Wildman–Crippen LogP) is 2.52. The Hall–Kier alpha value is -2.67. The molecule has 26 heavy (non-hydrogen) atoms. The minimum Gasteiger partial charge on any atom is -0.355 e. The van der Waals surface area contributed by atoms with Gasteiger partial charge in [-0.2, -0.15) is 0 Å². The molecule has 0 saturated carbocycles. The van der Waals surface area contributed by atoms with Crippen molar-refractivity contribution in [1.82, 2.24) is 5.32 Å². The molecule has 138 valence electrons. The van der Waals surface area contributed by atoms with E-state index in [-0.39, 0.29) is 36.8 Å². The molecular formula is C19H22N2O4S. The van der Waals surface area contributed by atoms with Crippen LogP contribution in [0.2, 0.25) is 0 Å². The van der Waals surface area contributed by atoms with Gasteiger partial charge in [-0.1, -0.05) is 48.0 Å². The first-order valence-corrected chi connectivity index (χ1v) is 9.93. The molecule has 6 nitrogen and oxygen atoms in total. The van der Waals surface area contributed by atoms with E-state index in [1.54, 1.807) is 42.5 Å². The second-order valence-corrected chi connectivity index (χ2v) is 7.77. The largest absolute Gasteiger partial charge is 0.355 e. The average Bonchev–Trinajstić information content (AvgIpc) is 2.60. The van der Waals surface area contributed by atoms with Crippen molar-refractivity contribution < 1.29 is 18.0 Å². The highest BCUT2D eigenvalue weighted by Crippen LogP contribution is 2.08. The lowest BCUT2D eigenvalue weighted by atomic mass is 10.1. The molecule has 0 bridgehead atoms. The van der Waals surface area contributed by atoms with Crippen LogP contribution in [0.25, 0.3) is 0 Å². The molecule has 1 amide bonds. The van der Waals surface area contributed by atoms with Gasteiger partial charge in [0.1, 0.15) is 0 Å². The van der Waals surface area contributed by atoms with E-state index >= 15 is 0 Å². The molecule has 0 heterocycles. The third kappa shape index (κ3) is 6.68. The molecule has 0 radical (unpaired) electrons. The summed E-state index contributed by atoms with van der Waals surface area (Å²) in [6, 6.07) is 15.7. The first-order valence-electron chi connectivity index (χ1n) is 8.28. The number of hydrogen-bond donors (Lipinski definition) is 2. The van der Waals surface area contributed by atoms with Crippen LogP contribution >= 0.6 is 0 Å². The summed E-state index contributed by atoms with van der Waals surface area (Å²) < 4.78 is 26.3. The summed E-state index contributed by atoms with van der Waals surface area (Å²) in [7, 11) is -3.54. The van der Waals surface area contributed by atoms with Gasteiger partial charge in [-0.15, -0.1) is 0 Å². The summed E-state index contributed by atoms with van der Waals surface area (Å²) >= 11 is 0. The number of Topliss-reactive ketones (excluding diaryl/α,β-unsaturated/α-hetero) is 1. The van der Waals surface area contributed by atoms with Crippen LogP contribution in [0.1, 0.15) is 28.8 Å². The SMILES string of the molecule is Cc1ccc(C(=O)CCC(=O)NCCS(=O)(=O)Nc2ccccc2)cc1. The third-order valence-electron chi connectivity index (χ3n) is 3.69. The van der Waals surface area contributed by atoms with Gasteiger partial charge in [-0.25, -0.2) is 8.42 Å². The van der Waals surface area contributed by atoms with Crippen LogP contribution in [-0.2, 0) is 14.8 Å². The van der Waals surface area contributed by atoms with Crippen molar-refractivity contribution in [3.63, 3.8) is 0 Å². The number of para-hydroxylation sites is 1. The highest BCUT2D eigenvalue weighted by Gasteiger charge is 2.12. The van der Waals surface area contributed by atoms with Crippen LogP contribution in [0.15, 0.2) is 54.6 Å². The van der Waals surface area contributed by atoms with Crippen molar-refractivity contribution >= 4 is 27.4 Å². The molecule has 0 saturated heterocycles. The second-order valence-electron chi connectivity index (χ2n) is 5.93. The Morgan fingerprint density at radius 1 is 0.923 bits per heavy atom.